The number of piperidine rings is 1. The van der Waals surface area contributed by atoms with Gasteiger partial charge in [-0.3, -0.25) is 10.1 Å². The van der Waals surface area contributed by atoms with Crippen LogP contribution in [-0.2, 0) is 6.42 Å². The number of H-pyrrole nitrogens is 2. The maximum atomic E-state index is 13.6. The minimum absolute atomic E-state index is 0.209. The van der Waals surface area contributed by atoms with Crippen molar-refractivity contribution in [2.45, 2.75) is 32.1 Å². The predicted molar refractivity (Wildman–Crippen MR) is 108 cm³/mol. The second-order valence-electron chi connectivity index (χ2n) is 7.12. The number of hydrogen-bond acceptors (Lipinski definition) is 3. The van der Waals surface area contributed by atoms with E-state index < -0.39 is 0 Å². The number of fused-ring (bicyclic) bond motifs is 1. The average molecular weight is 383 g/mol. The molecule has 1 aliphatic heterocycles. The number of benzene rings is 1. The molecule has 3 N–H and O–H groups in total. The first-order valence-corrected chi connectivity index (χ1v) is 9.88. The SMILES string of the molecule is CCNC(=NCCc1c[nH]c2ccc(F)cc12)N1CCC(c2ncn[nH]2)CC1. The summed E-state index contributed by atoms with van der Waals surface area (Å²) in [5, 5.41) is 11.3. The Hall–Kier alpha value is -2.90. The highest BCUT2D eigenvalue weighted by Gasteiger charge is 2.24. The fraction of sp³-hybridized carbons (Fsp3) is 0.450. The average Bonchev–Trinajstić information content (AvgIpc) is 3.38. The third-order valence-corrected chi connectivity index (χ3v) is 5.32. The van der Waals surface area contributed by atoms with Gasteiger partial charge in [0.25, 0.3) is 0 Å². The van der Waals surface area contributed by atoms with Gasteiger partial charge in [0.05, 0.1) is 0 Å². The van der Waals surface area contributed by atoms with Crippen LogP contribution in [0.3, 0.4) is 0 Å². The topological polar surface area (TPSA) is 85.0 Å². The number of nitrogens with zero attached hydrogens (tertiary/aromatic N) is 4. The van der Waals surface area contributed by atoms with Crippen LogP contribution in [0.1, 0.15) is 37.1 Å². The van der Waals surface area contributed by atoms with Gasteiger partial charge in [-0.15, -0.1) is 0 Å². The Morgan fingerprint density at radius 1 is 1.36 bits per heavy atom. The molecule has 8 heteroatoms. The second kappa shape index (κ2) is 8.41. The van der Waals surface area contributed by atoms with Crippen LogP contribution in [-0.4, -0.2) is 57.2 Å². The van der Waals surface area contributed by atoms with Crippen molar-refractivity contribution in [3.8, 4) is 0 Å². The summed E-state index contributed by atoms with van der Waals surface area (Å²) in [6, 6.07) is 4.84. The molecule has 3 aromatic rings. The number of aromatic amines is 2. The quantitative estimate of drug-likeness (QED) is 0.467. The molecule has 0 amide bonds. The zero-order valence-corrected chi connectivity index (χ0v) is 16.1. The number of aliphatic imine (C=N–C) groups is 1. The number of aromatic nitrogens is 4. The first-order valence-electron chi connectivity index (χ1n) is 9.88. The molecule has 1 aliphatic rings. The summed E-state index contributed by atoms with van der Waals surface area (Å²) < 4.78 is 13.6. The van der Waals surface area contributed by atoms with Crippen LogP contribution < -0.4 is 5.32 Å². The van der Waals surface area contributed by atoms with E-state index >= 15 is 0 Å². The van der Waals surface area contributed by atoms with Gasteiger partial charge in [-0.05, 0) is 49.9 Å². The van der Waals surface area contributed by atoms with Crippen molar-refractivity contribution in [1.29, 1.82) is 0 Å². The highest BCUT2D eigenvalue weighted by Crippen LogP contribution is 2.25. The minimum atomic E-state index is -0.209. The number of guanidine groups is 1. The molecule has 28 heavy (non-hydrogen) atoms. The van der Waals surface area contributed by atoms with E-state index in [1.165, 1.54) is 6.07 Å². The lowest BCUT2D eigenvalue weighted by Gasteiger charge is -2.33. The largest absolute Gasteiger partial charge is 0.361 e. The van der Waals surface area contributed by atoms with Gasteiger partial charge in [0.15, 0.2) is 5.96 Å². The molecule has 148 valence electrons. The number of likely N-dealkylation sites (tertiary alicyclic amines) is 1. The van der Waals surface area contributed by atoms with E-state index in [0.29, 0.717) is 12.5 Å². The lowest BCUT2D eigenvalue weighted by molar-refractivity contribution is 0.299. The van der Waals surface area contributed by atoms with Gasteiger partial charge in [0, 0.05) is 49.2 Å². The molecule has 0 aliphatic carbocycles. The summed E-state index contributed by atoms with van der Waals surface area (Å²) in [5.74, 6) is 2.15. The van der Waals surface area contributed by atoms with Crippen LogP contribution in [0.15, 0.2) is 35.7 Å². The monoisotopic (exact) mass is 383 g/mol. The third-order valence-electron chi connectivity index (χ3n) is 5.32. The van der Waals surface area contributed by atoms with E-state index in [9.17, 15) is 4.39 Å². The lowest BCUT2D eigenvalue weighted by Crippen LogP contribution is -2.45. The van der Waals surface area contributed by atoms with Crippen LogP contribution >= 0.6 is 0 Å². The number of nitrogens with one attached hydrogen (secondary N) is 3. The standard InChI is InChI=1S/C20H26FN7/c1-2-22-20(28-9-6-14(7-10-28)19-25-13-26-27-19)23-8-5-15-12-24-18-4-3-16(21)11-17(15)18/h3-4,11-14,24H,2,5-10H2,1H3,(H,22,23)(H,25,26,27). The summed E-state index contributed by atoms with van der Waals surface area (Å²) >= 11 is 0. The molecule has 0 radical (unpaired) electrons. The summed E-state index contributed by atoms with van der Waals surface area (Å²) in [7, 11) is 0. The normalized spacial score (nSPS) is 16.1. The third kappa shape index (κ3) is 4.00. The molecular formula is C20H26FN7. The Bertz CT molecular complexity index is 923. The number of rotatable bonds is 5. The summed E-state index contributed by atoms with van der Waals surface area (Å²) in [5.41, 5.74) is 2.06. The van der Waals surface area contributed by atoms with E-state index in [2.05, 4.69) is 37.3 Å². The maximum Gasteiger partial charge on any atom is 0.193 e. The Labute approximate surface area is 163 Å². The van der Waals surface area contributed by atoms with Crippen LogP contribution in [0, 0.1) is 5.82 Å². The predicted octanol–water partition coefficient (Wildman–Crippen LogP) is 2.81. The van der Waals surface area contributed by atoms with Crippen molar-refractivity contribution in [2.24, 2.45) is 4.99 Å². The van der Waals surface area contributed by atoms with Crippen molar-refractivity contribution in [2.75, 3.05) is 26.2 Å². The molecule has 1 aromatic carbocycles. The molecule has 2 aromatic heterocycles. The van der Waals surface area contributed by atoms with Crippen molar-refractivity contribution < 1.29 is 4.39 Å². The molecule has 7 nitrogen and oxygen atoms in total. The van der Waals surface area contributed by atoms with Gasteiger partial charge in [0.1, 0.15) is 18.0 Å². The molecule has 0 unspecified atom stereocenters. The smallest absolute Gasteiger partial charge is 0.193 e. The molecule has 1 fully saturated rings. The molecule has 0 saturated carbocycles. The van der Waals surface area contributed by atoms with Crippen molar-refractivity contribution >= 4 is 16.9 Å². The summed E-state index contributed by atoms with van der Waals surface area (Å²) in [4.78, 5) is 14.6. The summed E-state index contributed by atoms with van der Waals surface area (Å²) in [6.45, 7) is 5.46. The van der Waals surface area contributed by atoms with Crippen molar-refractivity contribution in [3.63, 3.8) is 0 Å². The van der Waals surface area contributed by atoms with Gasteiger partial charge in [-0.25, -0.2) is 9.37 Å². The first-order chi connectivity index (χ1) is 13.7. The van der Waals surface area contributed by atoms with E-state index in [1.54, 1.807) is 18.5 Å². The molecule has 0 atom stereocenters. The Morgan fingerprint density at radius 3 is 2.96 bits per heavy atom. The fourth-order valence-corrected chi connectivity index (χ4v) is 3.84. The van der Waals surface area contributed by atoms with Gasteiger partial charge >= 0.3 is 0 Å². The number of halogens is 1. The van der Waals surface area contributed by atoms with Crippen LogP contribution in [0.4, 0.5) is 4.39 Å². The Balaban J connectivity index is 1.38. The van der Waals surface area contributed by atoms with Gasteiger partial charge < -0.3 is 15.2 Å². The molecular weight excluding hydrogens is 357 g/mol. The van der Waals surface area contributed by atoms with E-state index in [-0.39, 0.29) is 5.82 Å². The van der Waals surface area contributed by atoms with Crippen molar-refractivity contribution in [3.05, 3.63) is 47.9 Å². The molecule has 0 spiro atoms. The van der Waals surface area contributed by atoms with Gasteiger partial charge in [-0.2, -0.15) is 5.10 Å². The molecule has 0 bridgehead atoms. The lowest BCUT2D eigenvalue weighted by atomic mass is 9.96. The Morgan fingerprint density at radius 2 is 2.21 bits per heavy atom. The highest BCUT2D eigenvalue weighted by molar-refractivity contribution is 5.83. The zero-order chi connectivity index (χ0) is 19.3. The first kappa shape index (κ1) is 18.5. The Kier molecular flexibility index (Phi) is 5.55. The molecule has 3 heterocycles. The van der Waals surface area contributed by atoms with Crippen LogP contribution in [0.2, 0.25) is 0 Å². The maximum absolute atomic E-state index is 13.6. The van der Waals surface area contributed by atoms with E-state index in [1.807, 2.05) is 6.20 Å². The van der Waals surface area contributed by atoms with Crippen LogP contribution in [0.5, 0.6) is 0 Å². The fourth-order valence-electron chi connectivity index (χ4n) is 3.84. The minimum Gasteiger partial charge on any atom is -0.361 e. The second-order valence-corrected chi connectivity index (χ2v) is 7.12. The van der Waals surface area contributed by atoms with E-state index in [0.717, 1.165) is 67.1 Å². The van der Waals surface area contributed by atoms with E-state index in [4.69, 9.17) is 4.99 Å². The zero-order valence-electron chi connectivity index (χ0n) is 16.1. The summed E-state index contributed by atoms with van der Waals surface area (Å²) in [6.07, 6.45) is 6.36. The van der Waals surface area contributed by atoms with Gasteiger partial charge in [-0.1, -0.05) is 0 Å². The van der Waals surface area contributed by atoms with Crippen molar-refractivity contribution in [1.82, 2.24) is 30.4 Å². The van der Waals surface area contributed by atoms with Crippen LogP contribution in [0.25, 0.3) is 10.9 Å². The number of hydrogen-bond donors (Lipinski definition) is 3. The highest BCUT2D eigenvalue weighted by atomic mass is 19.1. The molecule has 4 rings (SSSR count). The van der Waals surface area contributed by atoms with Gasteiger partial charge in [0.2, 0.25) is 0 Å². The molecule has 1 saturated heterocycles.